The fourth-order valence-electron chi connectivity index (χ4n) is 3.18. The number of aryl methyl sites for hydroxylation is 2. The van der Waals surface area contributed by atoms with E-state index in [1.165, 1.54) is 6.07 Å². The molecule has 0 N–H and O–H groups in total. The van der Waals surface area contributed by atoms with Gasteiger partial charge in [-0.15, -0.1) is 6.58 Å². The van der Waals surface area contributed by atoms with Gasteiger partial charge in [-0.2, -0.15) is 8.78 Å². The predicted molar refractivity (Wildman–Crippen MR) is 104 cm³/mol. The minimum absolute atomic E-state index is 0.0595. The van der Waals surface area contributed by atoms with E-state index in [0.29, 0.717) is 16.3 Å². The normalized spacial score (nSPS) is 11.1. The first-order valence-electron chi connectivity index (χ1n) is 8.93. The Morgan fingerprint density at radius 3 is 2.37 bits per heavy atom. The quantitative estimate of drug-likeness (QED) is 0.410. The molecule has 3 aromatic carbocycles. The zero-order chi connectivity index (χ0) is 19.4. The minimum atomic E-state index is -3.03. The monoisotopic (exact) mass is 370 g/mol. The van der Waals surface area contributed by atoms with Crippen molar-refractivity contribution in [2.75, 3.05) is 0 Å². The number of benzene rings is 3. The zero-order valence-corrected chi connectivity index (χ0v) is 15.1. The lowest BCUT2D eigenvalue weighted by Gasteiger charge is -2.15. The standard InChI is InChI=1S/C23H21F3O/c1-3-5-6-16-9-12-19-18(13-16)14-20(27-23(25)26)21(22(19)24)17-10-7-15(4-2)8-11-17/h3,7-14,23H,1,4-6H2,2H3. The average Bonchev–Trinajstić information content (AvgIpc) is 2.66. The van der Waals surface area contributed by atoms with Crippen LogP contribution in [0.25, 0.3) is 21.9 Å². The van der Waals surface area contributed by atoms with Gasteiger partial charge in [0.05, 0.1) is 5.56 Å². The summed E-state index contributed by atoms with van der Waals surface area (Å²) in [5.74, 6) is -0.706. The maximum atomic E-state index is 15.3. The lowest BCUT2D eigenvalue weighted by molar-refractivity contribution is -0.0494. The Kier molecular flexibility index (Phi) is 5.84. The molecule has 0 saturated carbocycles. The number of fused-ring (bicyclic) bond motifs is 1. The van der Waals surface area contributed by atoms with Gasteiger partial charge in [-0.3, -0.25) is 0 Å². The molecule has 1 nitrogen and oxygen atoms in total. The molecular weight excluding hydrogens is 349 g/mol. The lowest BCUT2D eigenvalue weighted by Crippen LogP contribution is -2.05. The molecule has 0 atom stereocenters. The van der Waals surface area contributed by atoms with E-state index in [9.17, 15) is 8.78 Å². The van der Waals surface area contributed by atoms with Crippen molar-refractivity contribution in [3.05, 3.63) is 78.1 Å². The van der Waals surface area contributed by atoms with Gasteiger partial charge in [0, 0.05) is 5.39 Å². The van der Waals surface area contributed by atoms with Crippen LogP contribution in [0.4, 0.5) is 13.2 Å². The van der Waals surface area contributed by atoms with Gasteiger partial charge in [-0.25, -0.2) is 4.39 Å². The molecule has 0 aliphatic rings. The molecule has 27 heavy (non-hydrogen) atoms. The van der Waals surface area contributed by atoms with Crippen LogP contribution in [-0.2, 0) is 12.8 Å². The molecule has 0 aromatic heterocycles. The van der Waals surface area contributed by atoms with Gasteiger partial charge in [0.15, 0.2) is 0 Å². The van der Waals surface area contributed by atoms with Gasteiger partial charge in [0.1, 0.15) is 11.6 Å². The van der Waals surface area contributed by atoms with Crippen LogP contribution < -0.4 is 4.74 Å². The van der Waals surface area contributed by atoms with E-state index >= 15 is 4.39 Å². The number of halogens is 3. The Hall–Kier alpha value is -2.75. The van der Waals surface area contributed by atoms with Crippen LogP contribution >= 0.6 is 0 Å². The predicted octanol–water partition coefficient (Wildman–Crippen LogP) is 6.93. The first-order valence-corrected chi connectivity index (χ1v) is 8.93. The van der Waals surface area contributed by atoms with Gasteiger partial charge in [0.2, 0.25) is 0 Å². The summed E-state index contributed by atoms with van der Waals surface area (Å²) in [6.45, 7) is 2.68. The Morgan fingerprint density at radius 1 is 1.04 bits per heavy atom. The van der Waals surface area contributed by atoms with Crippen LogP contribution in [0.1, 0.15) is 24.5 Å². The average molecular weight is 370 g/mol. The topological polar surface area (TPSA) is 9.23 Å². The number of hydrogen-bond acceptors (Lipinski definition) is 1. The molecule has 0 spiro atoms. The summed E-state index contributed by atoms with van der Waals surface area (Å²) < 4.78 is 45.9. The maximum Gasteiger partial charge on any atom is 0.387 e. The van der Waals surface area contributed by atoms with Crippen LogP contribution in [-0.4, -0.2) is 6.61 Å². The SMILES string of the molecule is C=CCCc1ccc2c(F)c(-c3ccc(CC)cc3)c(OC(F)F)cc2c1. The van der Waals surface area contributed by atoms with Gasteiger partial charge in [-0.1, -0.05) is 55.5 Å². The zero-order valence-electron chi connectivity index (χ0n) is 15.1. The third kappa shape index (κ3) is 4.16. The van der Waals surface area contributed by atoms with E-state index in [4.69, 9.17) is 0 Å². The molecule has 0 aliphatic heterocycles. The molecule has 0 radical (unpaired) electrons. The summed E-state index contributed by atoms with van der Waals surface area (Å²) in [4.78, 5) is 0. The molecule has 0 amide bonds. The molecule has 0 unspecified atom stereocenters. The highest BCUT2D eigenvalue weighted by Gasteiger charge is 2.19. The van der Waals surface area contributed by atoms with Crippen LogP contribution in [0.3, 0.4) is 0 Å². The molecule has 0 aliphatic carbocycles. The molecule has 0 fully saturated rings. The fraction of sp³-hybridized carbons (Fsp3) is 0.217. The Morgan fingerprint density at radius 2 is 1.74 bits per heavy atom. The van der Waals surface area contributed by atoms with Crippen LogP contribution in [0.15, 0.2) is 61.2 Å². The summed E-state index contributed by atoms with van der Waals surface area (Å²) in [5.41, 5.74) is 2.65. The van der Waals surface area contributed by atoms with Crippen molar-refractivity contribution in [3.63, 3.8) is 0 Å². The number of rotatable bonds is 7. The lowest BCUT2D eigenvalue weighted by atomic mass is 9.96. The van der Waals surface area contributed by atoms with Crippen molar-refractivity contribution in [2.24, 2.45) is 0 Å². The van der Waals surface area contributed by atoms with E-state index < -0.39 is 12.4 Å². The van der Waals surface area contributed by atoms with Crippen molar-refractivity contribution < 1.29 is 17.9 Å². The van der Waals surface area contributed by atoms with E-state index in [0.717, 1.165) is 30.4 Å². The van der Waals surface area contributed by atoms with Crippen LogP contribution in [0.5, 0.6) is 5.75 Å². The number of hydrogen-bond donors (Lipinski definition) is 0. The van der Waals surface area contributed by atoms with Gasteiger partial charge < -0.3 is 4.74 Å². The summed E-state index contributed by atoms with van der Waals surface area (Å²) in [6.07, 6.45) is 4.19. The molecule has 0 saturated heterocycles. The maximum absolute atomic E-state index is 15.3. The van der Waals surface area contributed by atoms with E-state index in [2.05, 4.69) is 11.3 Å². The van der Waals surface area contributed by atoms with Crippen molar-refractivity contribution >= 4 is 10.8 Å². The summed E-state index contributed by atoms with van der Waals surface area (Å²) >= 11 is 0. The minimum Gasteiger partial charge on any atom is -0.434 e. The summed E-state index contributed by atoms with van der Waals surface area (Å²) in [7, 11) is 0. The molecule has 0 bridgehead atoms. The Labute approximate surface area is 157 Å². The van der Waals surface area contributed by atoms with Crippen molar-refractivity contribution in [1.29, 1.82) is 0 Å². The third-order valence-electron chi connectivity index (χ3n) is 4.61. The third-order valence-corrected chi connectivity index (χ3v) is 4.61. The number of allylic oxidation sites excluding steroid dienone is 1. The highest BCUT2D eigenvalue weighted by atomic mass is 19.3. The molecule has 4 heteroatoms. The smallest absolute Gasteiger partial charge is 0.387 e. The first-order chi connectivity index (χ1) is 13.0. The molecule has 140 valence electrons. The van der Waals surface area contributed by atoms with E-state index in [1.807, 2.05) is 31.2 Å². The van der Waals surface area contributed by atoms with Crippen LogP contribution in [0, 0.1) is 5.82 Å². The Bertz CT molecular complexity index is 946. The van der Waals surface area contributed by atoms with E-state index in [-0.39, 0.29) is 11.3 Å². The largest absolute Gasteiger partial charge is 0.434 e. The van der Waals surface area contributed by atoms with Gasteiger partial charge >= 0.3 is 6.61 Å². The highest BCUT2D eigenvalue weighted by molar-refractivity contribution is 5.92. The summed E-state index contributed by atoms with van der Waals surface area (Å²) in [6, 6.07) is 14.0. The molecule has 3 aromatic rings. The number of ether oxygens (including phenoxy) is 1. The van der Waals surface area contributed by atoms with Crippen molar-refractivity contribution in [1.82, 2.24) is 0 Å². The fourth-order valence-corrected chi connectivity index (χ4v) is 3.18. The molecular formula is C23H21F3O. The molecule has 3 rings (SSSR count). The highest BCUT2D eigenvalue weighted by Crippen LogP contribution is 2.39. The first kappa shape index (κ1) is 19.0. The second kappa shape index (κ2) is 8.30. The van der Waals surface area contributed by atoms with Gasteiger partial charge in [-0.05, 0) is 47.4 Å². The van der Waals surface area contributed by atoms with Crippen molar-refractivity contribution in [2.45, 2.75) is 32.8 Å². The number of alkyl halides is 2. The second-order valence-corrected chi connectivity index (χ2v) is 6.38. The van der Waals surface area contributed by atoms with Crippen molar-refractivity contribution in [3.8, 4) is 16.9 Å². The molecule has 0 heterocycles. The second-order valence-electron chi connectivity index (χ2n) is 6.38. The van der Waals surface area contributed by atoms with Crippen LogP contribution in [0.2, 0.25) is 0 Å². The Balaban J connectivity index is 2.17. The van der Waals surface area contributed by atoms with Gasteiger partial charge in [0.25, 0.3) is 0 Å². The van der Waals surface area contributed by atoms with E-state index in [1.54, 1.807) is 24.3 Å². The summed E-state index contributed by atoms with van der Waals surface area (Å²) in [5, 5.41) is 0.923.